The lowest BCUT2D eigenvalue weighted by Gasteiger charge is -2.17. The van der Waals surface area contributed by atoms with Gasteiger partial charge in [-0.25, -0.2) is 4.39 Å². The second-order valence-electron chi connectivity index (χ2n) is 6.24. The molecular formula is C17H23FN2O. The molecule has 1 aromatic rings. The quantitative estimate of drug-likeness (QED) is 0.808. The summed E-state index contributed by atoms with van der Waals surface area (Å²) in [5.41, 5.74) is 0.717. The molecule has 3 nitrogen and oxygen atoms in total. The molecule has 0 bridgehead atoms. The first kappa shape index (κ1) is 14.4. The number of rotatable bonds is 7. The van der Waals surface area contributed by atoms with E-state index in [0.717, 1.165) is 18.4 Å². The van der Waals surface area contributed by atoms with E-state index in [9.17, 15) is 9.18 Å². The molecule has 1 aromatic carbocycles. The topological polar surface area (TPSA) is 41.1 Å². The summed E-state index contributed by atoms with van der Waals surface area (Å²) >= 11 is 0. The SMILES string of the molecule is CCNc1c(F)cccc1C(=O)NCC(C1CC1)C1CC1. The van der Waals surface area contributed by atoms with E-state index < -0.39 is 0 Å². The molecule has 0 heterocycles. The van der Waals surface area contributed by atoms with Gasteiger partial charge in [0, 0.05) is 13.1 Å². The van der Waals surface area contributed by atoms with E-state index in [2.05, 4.69) is 10.6 Å². The molecule has 1 amide bonds. The summed E-state index contributed by atoms with van der Waals surface area (Å²) in [4.78, 5) is 12.4. The van der Waals surface area contributed by atoms with Gasteiger partial charge in [-0.05, 0) is 62.5 Å². The Morgan fingerprint density at radius 3 is 2.52 bits per heavy atom. The maximum atomic E-state index is 13.8. The van der Waals surface area contributed by atoms with Crippen molar-refractivity contribution in [2.24, 2.45) is 17.8 Å². The molecule has 0 aliphatic heterocycles. The molecule has 2 saturated carbocycles. The highest BCUT2D eigenvalue weighted by Crippen LogP contribution is 2.48. The zero-order valence-electron chi connectivity index (χ0n) is 12.5. The van der Waals surface area contributed by atoms with Gasteiger partial charge in [-0.3, -0.25) is 4.79 Å². The minimum absolute atomic E-state index is 0.170. The lowest BCUT2D eigenvalue weighted by atomic mass is 9.98. The first-order valence-corrected chi connectivity index (χ1v) is 8.01. The minimum atomic E-state index is -0.370. The third-order valence-corrected chi connectivity index (χ3v) is 4.57. The molecule has 0 radical (unpaired) electrons. The zero-order chi connectivity index (χ0) is 14.8. The summed E-state index contributed by atoms with van der Waals surface area (Å²) in [6, 6.07) is 4.65. The van der Waals surface area contributed by atoms with Crippen LogP contribution < -0.4 is 10.6 Å². The third-order valence-electron chi connectivity index (χ3n) is 4.57. The van der Waals surface area contributed by atoms with Crippen LogP contribution in [0, 0.1) is 23.6 Å². The summed E-state index contributed by atoms with van der Waals surface area (Å²) in [6.45, 7) is 3.22. The summed E-state index contributed by atoms with van der Waals surface area (Å²) in [5, 5.41) is 5.97. The highest BCUT2D eigenvalue weighted by molar-refractivity contribution is 5.99. The van der Waals surface area contributed by atoms with Crippen molar-refractivity contribution < 1.29 is 9.18 Å². The fourth-order valence-electron chi connectivity index (χ4n) is 3.14. The summed E-state index contributed by atoms with van der Waals surface area (Å²) in [5.74, 6) is 1.70. The van der Waals surface area contributed by atoms with Crippen molar-refractivity contribution in [3.05, 3.63) is 29.6 Å². The van der Waals surface area contributed by atoms with Crippen LogP contribution in [-0.2, 0) is 0 Å². The zero-order valence-corrected chi connectivity index (χ0v) is 12.5. The van der Waals surface area contributed by atoms with E-state index in [1.54, 1.807) is 12.1 Å². The fourth-order valence-corrected chi connectivity index (χ4v) is 3.14. The van der Waals surface area contributed by atoms with Crippen LogP contribution >= 0.6 is 0 Å². The molecule has 0 spiro atoms. The van der Waals surface area contributed by atoms with Gasteiger partial charge in [0.1, 0.15) is 5.82 Å². The third kappa shape index (κ3) is 3.36. The number of benzene rings is 1. The van der Waals surface area contributed by atoms with Crippen molar-refractivity contribution in [2.45, 2.75) is 32.6 Å². The molecule has 4 heteroatoms. The average molecular weight is 290 g/mol. The van der Waals surface area contributed by atoms with Crippen molar-refractivity contribution in [1.29, 1.82) is 0 Å². The molecule has 2 aliphatic carbocycles. The number of nitrogens with one attached hydrogen (secondary N) is 2. The maximum absolute atomic E-state index is 13.8. The Morgan fingerprint density at radius 1 is 1.29 bits per heavy atom. The lowest BCUT2D eigenvalue weighted by molar-refractivity contribution is 0.0944. The van der Waals surface area contributed by atoms with Gasteiger partial charge in [0.2, 0.25) is 0 Å². The summed E-state index contributed by atoms with van der Waals surface area (Å²) < 4.78 is 13.8. The first-order chi connectivity index (χ1) is 10.2. The van der Waals surface area contributed by atoms with E-state index in [4.69, 9.17) is 0 Å². The minimum Gasteiger partial charge on any atom is -0.382 e. The molecule has 0 atom stereocenters. The summed E-state index contributed by atoms with van der Waals surface area (Å²) in [7, 11) is 0. The van der Waals surface area contributed by atoms with Gasteiger partial charge in [-0.1, -0.05) is 6.07 Å². The normalized spacial score (nSPS) is 17.9. The van der Waals surface area contributed by atoms with E-state index in [0.29, 0.717) is 23.7 Å². The number of para-hydroxylation sites is 1. The van der Waals surface area contributed by atoms with Crippen LogP contribution in [0.1, 0.15) is 43.0 Å². The highest BCUT2D eigenvalue weighted by atomic mass is 19.1. The molecule has 0 aromatic heterocycles. The van der Waals surface area contributed by atoms with E-state index in [1.165, 1.54) is 31.7 Å². The Bertz CT molecular complexity index is 512. The number of carbonyl (C=O) groups is 1. The number of hydrogen-bond acceptors (Lipinski definition) is 2. The molecule has 21 heavy (non-hydrogen) atoms. The molecule has 2 fully saturated rings. The fraction of sp³-hybridized carbons (Fsp3) is 0.588. The molecule has 3 rings (SSSR count). The smallest absolute Gasteiger partial charge is 0.253 e. The Labute approximate surface area is 125 Å². The van der Waals surface area contributed by atoms with Crippen LogP contribution in [0.25, 0.3) is 0 Å². The van der Waals surface area contributed by atoms with Gasteiger partial charge in [0.15, 0.2) is 0 Å². The van der Waals surface area contributed by atoms with Gasteiger partial charge >= 0.3 is 0 Å². The van der Waals surface area contributed by atoms with E-state index in [1.807, 2.05) is 6.92 Å². The number of amides is 1. The van der Waals surface area contributed by atoms with Crippen LogP contribution in [0.4, 0.5) is 10.1 Å². The number of hydrogen-bond donors (Lipinski definition) is 2. The molecule has 0 unspecified atom stereocenters. The van der Waals surface area contributed by atoms with Gasteiger partial charge in [-0.2, -0.15) is 0 Å². The predicted molar refractivity (Wildman–Crippen MR) is 81.8 cm³/mol. The molecular weight excluding hydrogens is 267 g/mol. The van der Waals surface area contributed by atoms with Gasteiger partial charge < -0.3 is 10.6 Å². The van der Waals surface area contributed by atoms with Crippen LogP contribution in [0.3, 0.4) is 0 Å². The summed E-state index contributed by atoms with van der Waals surface area (Å²) in [6.07, 6.45) is 5.22. The van der Waals surface area contributed by atoms with Crippen LogP contribution in [0.15, 0.2) is 18.2 Å². The van der Waals surface area contributed by atoms with Crippen LogP contribution in [0.2, 0.25) is 0 Å². The standard InChI is InChI=1S/C17H23FN2O/c1-2-19-16-13(4-3-5-15(16)18)17(21)20-10-14(11-6-7-11)12-8-9-12/h3-5,11-12,14,19H,2,6-10H2,1H3,(H,20,21). The molecule has 114 valence electrons. The van der Waals surface area contributed by atoms with Gasteiger partial charge in [-0.15, -0.1) is 0 Å². The Balaban J connectivity index is 1.65. The number of carbonyl (C=O) groups excluding carboxylic acids is 1. The van der Waals surface area contributed by atoms with Crippen LogP contribution in [-0.4, -0.2) is 19.0 Å². The van der Waals surface area contributed by atoms with Crippen LogP contribution in [0.5, 0.6) is 0 Å². The van der Waals surface area contributed by atoms with E-state index in [-0.39, 0.29) is 11.7 Å². The maximum Gasteiger partial charge on any atom is 0.253 e. The van der Waals surface area contributed by atoms with Crippen molar-refractivity contribution in [2.75, 3.05) is 18.4 Å². The molecule has 2 N–H and O–H groups in total. The number of halogens is 1. The second kappa shape index (κ2) is 6.04. The largest absolute Gasteiger partial charge is 0.382 e. The first-order valence-electron chi connectivity index (χ1n) is 8.01. The Hall–Kier alpha value is -1.58. The average Bonchev–Trinajstić information content (AvgIpc) is 3.35. The Morgan fingerprint density at radius 2 is 1.95 bits per heavy atom. The van der Waals surface area contributed by atoms with Crippen molar-refractivity contribution >= 4 is 11.6 Å². The Kier molecular flexibility index (Phi) is 4.13. The molecule has 0 saturated heterocycles. The van der Waals surface area contributed by atoms with Crippen molar-refractivity contribution in [3.63, 3.8) is 0 Å². The second-order valence-corrected chi connectivity index (χ2v) is 6.24. The van der Waals surface area contributed by atoms with Gasteiger partial charge in [0.25, 0.3) is 5.91 Å². The molecule has 2 aliphatic rings. The van der Waals surface area contributed by atoms with E-state index >= 15 is 0 Å². The van der Waals surface area contributed by atoms with Gasteiger partial charge in [0.05, 0.1) is 11.3 Å². The van der Waals surface area contributed by atoms with Crippen molar-refractivity contribution in [1.82, 2.24) is 5.32 Å². The lowest BCUT2D eigenvalue weighted by Crippen LogP contribution is -2.31. The monoisotopic (exact) mass is 290 g/mol. The highest BCUT2D eigenvalue weighted by Gasteiger charge is 2.41. The van der Waals surface area contributed by atoms with Crippen molar-refractivity contribution in [3.8, 4) is 0 Å². The number of anilines is 1. The predicted octanol–water partition coefficient (Wildman–Crippen LogP) is 3.42.